The lowest BCUT2D eigenvalue weighted by molar-refractivity contribution is 0.339. The zero-order chi connectivity index (χ0) is 10.7. The Morgan fingerprint density at radius 1 is 1.53 bits per heavy atom. The zero-order valence-corrected chi connectivity index (χ0v) is 11.3. The van der Waals surface area contributed by atoms with Gasteiger partial charge < -0.3 is 9.73 Å². The van der Waals surface area contributed by atoms with Crippen molar-refractivity contribution in [2.24, 2.45) is 0 Å². The van der Waals surface area contributed by atoms with E-state index in [-0.39, 0.29) is 0 Å². The molecular formula is C11H16BrNOS. The van der Waals surface area contributed by atoms with E-state index in [1.54, 1.807) is 0 Å². The van der Waals surface area contributed by atoms with Crippen LogP contribution in [0.3, 0.4) is 0 Å². The highest BCUT2D eigenvalue weighted by atomic mass is 79.9. The number of thioether (sulfide) groups is 1. The molecule has 1 aromatic heterocycles. The minimum absolute atomic E-state index is 0.504. The van der Waals surface area contributed by atoms with Gasteiger partial charge in [0.1, 0.15) is 5.76 Å². The smallest absolute Gasteiger partial charge is 0.169 e. The van der Waals surface area contributed by atoms with Crippen molar-refractivity contribution in [3.05, 3.63) is 22.6 Å². The van der Waals surface area contributed by atoms with E-state index in [9.17, 15) is 0 Å². The molecule has 1 saturated carbocycles. The number of nitrogens with one attached hydrogen (secondary N) is 1. The zero-order valence-electron chi connectivity index (χ0n) is 8.88. The number of rotatable bonds is 5. The number of hydrogen-bond acceptors (Lipinski definition) is 3. The molecule has 0 amide bonds. The van der Waals surface area contributed by atoms with Gasteiger partial charge in [0, 0.05) is 11.3 Å². The third kappa shape index (κ3) is 2.80. The second-order valence-corrected chi connectivity index (χ2v) is 6.11. The second-order valence-electron chi connectivity index (χ2n) is 4.05. The molecule has 1 N–H and O–H groups in total. The molecule has 0 atom stereocenters. The highest BCUT2D eigenvalue weighted by Crippen LogP contribution is 2.42. The van der Waals surface area contributed by atoms with E-state index in [1.165, 1.54) is 19.3 Å². The first-order valence-electron chi connectivity index (χ1n) is 5.24. The lowest BCUT2D eigenvalue weighted by atomic mass is 9.84. The van der Waals surface area contributed by atoms with E-state index in [0.717, 1.165) is 23.5 Å². The van der Waals surface area contributed by atoms with Crippen molar-refractivity contribution in [3.8, 4) is 0 Å². The Morgan fingerprint density at radius 3 is 2.80 bits per heavy atom. The lowest BCUT2D eigenvalue weighted by Crippen LogP contribution is -2.43. The predicted octanol–water partition coefficient (Wildman–Crippen LogP) is 3.42. The Labute approximate surface area is 103 Å². The fourth-order valence-electron chi connectivity index (χ4n) is 1.88. The van der Waals surface area contributed by atoms with Crippen LogP contribution in [-0.2, 0) is 6.54 Å². The van der Waals surface area contributed by atoms with Crippen molar-refractivity contribution in [3.63, 3.8) is 0 Å². The van der Waals surface area contributed by atoms with Crippen LogP contribution in [0, 0.1) is 0 Å². The molecule has 2 nitrogen and oxygen atoms in total. The quantitative estimate of drug-likeness (QED) is 0.899. The molecule has 0 unspecified atom stereocenters. The topological polar surface area (TPSA) is 25.2 Å². The maximum atomic E-state index is 5.43. The predicted molar refractivity (Wildman–Crippen MR) is 68.2 cm³/mol. The summed E-state index contributed by atoms with van der Waals surface area (Å²) in [5, 5.41) is 3.47. The minimum atomic E-state index is 0.504. The van der Waals surface area contributed by atoms with Gasteiger partial charge in [-0.2, -0.15) is 11.8 Å². The summed E-state index contributed by atoms with van der Waals surface area (Å²) in [5.41, 5.74) is 0. The molecule has 1 fully saturated rings. The molecule has 1 heterocycles. The van der Waals surface area contributed by atoms with E-state index in [0.29, 0.717) is 4.75 Å². The van der Waals surface area contributed by atoms with E-state index < -0.39 is 0 Å². The Morgan fingerprint density at radius 2 is 2.33 bits per heavy atom. The normalized spacial score (nSPS) is 18.8. The van der Waals surface area contributed by atoms with Gasteiger partial charge in [0.25, 0.3) is 0 Å². The first kappa shape index (κ1) is 11.6. The van der Waals surface area contributed by atoms with Gasteiger partial charge in [-0.15, -0.1) is 0 Å². The van der Waals surface area contributed by atoms with Gasteiger partial charge in [-0.1, -0.05) is 6.42 Å². The highest BCUT2D eigenvalue weighted by Gasteiger charge is 2.35. The summed E-state index contributed by atoms with van der Waals surface area (Å²) in [5.74, 6) is 0.998. The molecule has 0 spiro atoms. The van der Waals surface area contributed by atoms with E-state index in [4.69, 9.17) is 4.42 Å². The van der Waals surface area contributed by atoms with Crippen LogP contribution in [0.4, 0.5) is 0 Å². The van der Waals surface area contributed by atoms with Gasteiger partial charge in [-0.25, -0.2) is 0 Å². The summed E-state index contributed by atoms with van der Waals surface area (Å²) in [6, 6.07) is 3.94. The number of furan rings is 1. The van der Waals surface area contributed by atoms with E-state index in [1.807, 2.05) is 23.9 Å². The Hall–Kier alpha value is 0.0700. The summed E-state index contributed by atoms with van der Waals surface area (Å²) < 4.78 is 6.74. The van der Waals surface area contributed by atoms with Gasteiger partial charge in [-0.05, 0) is 47.2 Å². The van der Waals surface area contributed by atoms with Crippen LogP contribution in [0.2, 0.25) is 0 Å². The molecule has 0 aliphatic heterocycles. The number of halogens is 1. The molecule has 15 heavy (non-hydrogen) atoms. The van der Waals surface area contributed by atoms with Crippen LogP contribution in [0.25, 0.3) is 0 Å². The standard InChI is InChI=1S/C11H16BrNOS/c1-15-11(5-2-6-11)8-13-7-9-3-4-10(12)14-9/h3-4,13H,2,5-8H2,1H3. The summed E-state index contributed by atoms with van der Waals surface area (Å²) >= 11 is 5.30. The van der Waals surface area contributed by atoms with E-state index >= 15 is 0 Å². The van der Waals surface area contributed by atoms with Crippen LogP contribution in [-0.4, -0.2) is 17.5 Å². The average Bonchev–Trinajstić information content (AvgIpc) is 2.56. The summed E-state index contributed by atoms with van der Waals surface area (Å²) in [4.78, 5) is 0. The van der Waals surface area contributed by atoms with Crippen LogP contribution in [0.1, 0.15) is 25.0 Å². The van der Waals surface area contributed by atoms with Crippen molar-refractivity contribution in [2.45, 2.75) is 30.6 Å². The molecule has 1 aliphatic carbocycles. The van der Waals surface area contributed by atoms with Gasteiger partial charge >= 0.3 is 0 Å². The third-order valence-electron chi connectivity index (χ3n) is 3.07. The van der Waals surface area contributed by atoms with Crippen molar-refractivity contribution in [1.82, 2.24) is 5.32 Å². The Bertz CT molecular complexity index is 317. The lowest BCUT2D eigenvalue weighted by Gasteiger charge is -2.40. The van der Waals surface area contributed by atoms with Crippen molar-refractivity contribution in [2.75, 3.05) is 12.8 Å². The Kier molecular flexibility index (Phi) is 3.80. The van der Waals surface area contributed by atoms with Gasteiger partial charge in [0.2, 0.25) is 0 Å². The molecule has 0 radical (unpaired) electrons. The SMILES string of the molecule is CSC1(CNCc2ccc(Br)o2)CCC1. The average molecular weight is 290 g/mol. The van der Waals surface area contributed by atoms with Gasteiger partial charge in [0.15, 0.2) is 4.67 Å². The monoisotopic (exact) mass is 289 g/mol. The van der Waals surface area contributed by atoms with Crippen LogP contribution >= 0.6 is 27.7 Å². The van der Waals surface area contributed by atoms with Gasteiger partial charge in [0.05, 0.1) is 6.54 Å². The first-order chi connectivity index (χ1) is 7.24. The molecular weight excluding hydrogens is 274 g/mol. The highest BCUT2D eigenvalue weighted by molar-refractivity contribution is 9.10. The van der Waals surface area contributed by atoms with Crippen LogP contribution < -0.4 is 5.32 Å². The van der Waals surface area contributed by atoms with Crippen molar-refractivity contribution in [1.29, 1.82) is 0 Å². The molecule has 1 aromatic rings. The fourth-order valence-corrected chi connectivity index (χ4v) is 3.17. The molecule has 84 valence electrons. The van der Waals surface area contributed by atoms with Gasteiger partial charge in [-0.3, -0.25) is 0 Å². The molecule has 0 saturated heterocycles. The summed E-state index contributed by atoms with van der Waals surface area (Å²) in [7, 11) is 0. The van der Waals surface area contributed by atoms with Crippen LogP contribution in [0.15, 0.2) is 21.2 Å². The van der Waals surface area contributed by atoms with Crippen LogP contribution in [0.5, 0.6) is 0 Å². The summed E-state index contributed by atoms with van der Waals surface area (Å²) in [6.45, 7) is 1.92. The Balaban J connectivity index is 1.74. The molecule has 1 aliphatic rings. The number of hydrogen-bond donors (Lipinski definition) is 1. The largest absolute Gasteiger partial charge is 0.453 e. The minimum Gasteiger partial charge on any atom is -0.453 e. The molecule has 2 rings (SSSR count). The second kappa shape index (κ2) is 4.93. The van der Waals surface area contributed by atoms with Crippen molar-refractivity contribution < 1.29 is 4.42 Å². The first-order valence-corrected chi connectivity index (χ1v) is 7.26. The molecule has 4 heteroatoms. The maximum absolute atomic E-state index is 5.43. The fraction of sp³-hybridized carbons (Fsp3) is 0.636. The summed E-state index contributed by atoms with van der Waals surface area (Å²) in [6.07, 6.45) is 6.30. The third-order valence-corrected chi connectivity index (χ3v) is 4.92. The molecule has 0 aromatic carbocycles. The molecule has 0 bridgehead atoms. The van der Waals surface area contributed by atoms with E-state index in [2.05, 4.69) is 27.5 Å². The maximum Gasteiger partial charge on any atom is 0.169 e. The van der Waals surface area contributed by atoms with Crippen molar-refractivity contribution >= 4 is 27.7 Å².